The van der Waals surface area contributed by atoms with Crippen LogP contribution in [0.5, 0.6) is 0 Å². The molecule has 1 saturated heterocycles. The average molecular weight is 410 g/mol. The number of sulfone groups is 1. The van der Waals surface area contributed by atoms with Gasteiger partial charge in [0.1, 0.15) is 0 Å². The van der Waals surface area contributed by atoms with E-state index in [1.165, 1.54) is 4.31 Å². The molecule has 2 rings (SSSR count). The van der Waals surface area contributed by atoms with Crippen LogP contribution >= 0.6 is 15.9 Å². The first-order valence-corrected chi connectivity index (χ1v) is 11.3. The third-order valence-electron chi connectivity index (χ3n) is 3.77. The van der Waals surface area contributed by atoms with Gasteiger partial charge in [-0.05, 0) is 37.1 Å². The molecule has 124 valence electrons. The summed E-state index contributed by atoms with van der Waals surface area (Å²) in [6.45, 7) is 2.34. The third kappa shape index (κ3) is 4.10. The van der Waals surface area contributed by atoms with Gasteiger partial charge in [-0.3, -0.25) is 0 Å². The minimum Gasteiger partial charge on any atom is -0.229 e. The van der Waals surface area contributed by atoms with Gasteiger partial charge in [-0.15, -0.1) is 0 Å². The van der Waals surface area contributed by atoms with Crippen LogP contribution in [-0.2, 0) is 19.9 Å². The Labute approximate surface area is 140 Å². The second-order valence-electron chi connectivity index (χ2n) is 5.48. The minimum absolute atomic E-state index is 0.0656. The van der Waals surface area contributed by atoms with Crippen molar-refractivity contribution in [1.29, 1.82) is 0 Å². The second kappa shape index (κ2) is 6.98. The summed E-state index contributed by atoms with van der Waals surface area (Å²) in [4.78, 5) is 0.205. The van der Waals surface area contributed by atoms with Crippen LogP contribution in [0, 0.1) is 0 Å². The first-order valence-electron chi connectivity index (χ1n) is 7.24. The Hall–Kier alpha value is -0.440. The van der Waals surface area contributed by atoms with Crippen molar-refractivity contribution in [2.24, 2.45) is 0 Å². The van der Waals surface area contributed by atoms with E-state index in [0.29, 0.717) is 19.4 Å². The molecule has 0 aromatic heterocycles. The second-order valence-corrected chi connectivity index (χ2v) is 10.5. The molecule has 0 N–H and O–H groups in total. The molecule has 1 aromatic rings. The lowest BCUT2D eigenvalue weighted by Gasteiger charge is -2.27. The summed E-state index contributed by atoms with van der Waals surface area (Å²) in [5.74, 6) is -0.0113. The molecule has 1 aliphatic heterocycles. The van der Waals surface area contributed by atoms with E-state index in [0.717, 1.165) is 10.9 Å². The predicted molar refractivity (Wildman–Crippen MR) is 90.0 cm³/mol. The Morgan fingerprint density at radius 2 is 1.91 bits per heavy atom. The predicted octanol–water partition coefficient (Wildman–Crippen LogP) is 2.43. The Balaban J connectivity index is 2.33. The zero-order chi connectivity index (χ0) is 16.4. The molecule has 5 nitrogen and oxygen atoms in total. The standard InChI is InChI=1S/C14H20BrNO4S2/c1-2-3-9-16(13-8-10-21(17,18)11-13)22(19,20)14-6-4-12(15)5-7-14/h4-7,13H,2-3,8-11H2,1H3/t13-/m1/s1. The summed E-state index contributed by atoms with van der Waals surface area (Å²) < 4.78 is 51.3. The van der Waals surface area contributed by atoms with Gasteiger partial charge in [0.15, 0.2) is 9.84 Å². The van der Waals surface area contributed by atoms with E-state index in [9.17, 15) is 16.8 Å². The molecule has 0 unspecified atom stereocenters. The van der Waals surface area contributed by atoms with Crippen LogP contribution in [-0.4, -0.2) is 45.2 Å². The highest BCUT2D eigenvalue weighted by atomic mass is 79.9. The van der Waals surface area contributed by atoms with Crippen LogP contribution in [0.25, 0.3) is 0 Å². The molecule has 1 aromatic carbocycles. The lowest BCUT2D eigenvalue weighted by Crippen LogP contribution is -2.41. The maximum absolute atomic E-state index is 12.9. The molecular weight excluding hydrogens is 390 g/mol. The largest absolute Gasteiger partial charge is 0.243 e. The van der Waals surface area contributed by atoms with Gasteiger partial charge in [0, 0.05) is 17.1 Å². The van der Waals surface area contributed by atoms with Gasteiger partial charge in [0.2, 0.25) is 10.0 Å². The number of benzene rings is 1. The molecule has 1 heterocycles. The number of sulfonamides is 1. The highest BCUT2D eigenvalue weighted by molar-refractivity contribution is 9.10. The van der Waals surface area contributed by atoms with Crippen LogP contribution in [0.1, 0.15) is 26.2 Å². The van der Waals surface area contributed by atoms with Gasteiger partial charge >= 0.3 is 0 Å². The Morgan fingerprint density at radius 3 is 2.41 bits per heavy atom. The zero-order valence-electron chi connectivity index (χ0n) is 12.4. The molecule has 0 saturated carbocycles. The molecule has 0 radical (unpaired) electrons. The summed E-state index contributed by atoms with van der Waals surface area (Å²) in [7, 11) is -6.80. The maximum Gasteiger partial charge on any atom is 0.243 e. The summed E-state index contributed by atoms with van der Waals surface area (Å²) in [6, 6.07) is 5.99. The van der Waals surface area contributed by atoms with Crippen molar-refractivity contribution in [3.05, 3.63) is 28.7 Å². The highest BCUT2D eigenvalue weighted by Crippen LogP contribution is 2.26. The van der Waals surface area contributed by atoms with Crippen LogP contribution in [0.15, 0.2) is 33.6 Å². The van der Waals surface area contributed by atoms with E-state index in [1.807, 2.05) is 6.92 Å². The normalized spacial score (nSPS) is 21.3. The molecule has 0 aliphatic carbocycles. The van der Waals surface area contributed by atoms with Crippen molar-refractivity contribution in [1.82, 2.24) is 4.31 Å². The molecule has 1 atom stereocenters. The first-order chi connectivity index (χ1) is 10.3. The van der Waals surface area contributed by atoms with Crippen molar-refractivity contribution >= 4 is 35.8 Å². The van der Waals surface area contributed by atoms with E-state index in [4.69, 9.17) is 0 Å². The molecule has 22 heavy (non-hydrogen) atoms. The topological polar surface area (TPSA) is 71.5 Å². The summed E-state index contributed by atoms with van der Waals surface area (Å²) in [6.07, 6.45) is 1.94. The highest BCUT2D eigenvalue weighted by Gasteiger charge is 2.38. The van der Waals surface area contributed by atoms with Crippen molar-refractivity contribution < 1.29 is 16.8 Å². The fraction of sp³-hybridized carbons (Fsp3) is 0.571. The zero-order valence-corrected chi connectivity index (χ0v) is 15.6. The Bertz CT molecular complexity index is 714. The van der Waals surface area contributed by atoms with E-state index >= 15 is 0 Å². The SMILES string of the molecule is CCCCN([C@@H]1CCS(=O)(=O)C1)S(=O)(=O)c1ccc(Br)cc1. The molecule has 0 amide bonds. The first kappa shape index (κ1) is 17.9. The smallest absolute Gasteiger partial charge is 0.229 e. The van der Waals surface area contributed by atoms with Gasteiger partial charge in [0.05, 0.1) is 16.4 Å². The quantitative estimate of drug-likeness (QED) is 0.722. The van der Waals surface area contributed by atoms with Crippen LogP contribution < -0.4 is 0 Å². The Kier molecular flexibility index (Phi) is 5.68. The molecule has 0 bridgehead atoms. The van der Waals surface area contributed by atoms with Crippen LogP contribution in [0.2, 0.25) is 0 Å². The molecule has 1 aliphatic rings. The van der Waals surface area contributed by atoms with Gasteiger partial charge in [-0.2, -0.15) is 4.31 Å². The van der Waals surface area contributed by atoms with Crippen molar-refractivity contribution in [2.45, 2.75) is 37.1 Å². The van der Waals surface area contributed by atoms with Gasteiger partial charge < -0.3 is 0 Å². The van der Waals surface area contributed by atoms with Crippen molar-refractivity contribution in [3.8, 4) is 0 Å². The fourth-order valence-corrected chi connectivity index (χ4v) is 6.34. The summed E-state index contributed by atoms with van der Waals surface area (Å²) in [5, 5.41) is 0. The molecule has 0 spiro atoms. The number of nitrogens with zero attached hydrogens (tertiary/aromatic N) is 1. The van der Waals surface area contributed by atoms with Gasteiger partial charge in [0.25, 0.3) is 0 Å². The van der Waals surface area contributed by atoms with E-state index in [2.05, 4.69) is 15.9 Å². The number of rotatable bonds is 6. The van der Waals surface area contributed by atoms with Gasteiger partial charge in [-0.25, -0.2) is 16.8 Å². The number of halogens is 1. The van der Waals surface area contributed by atoms with Gasteiger partial charge in [-0.1, -0.05) is 29.3 Å². The van der Waals surface area contributed by atoms with Crippen LogP contribution in [0.4, 0.5) is 0 Å². The summed E-state index contributed by atoms with van der Waals surface area (Å²) >= 11 is 3.28. The van der Waals surface area contributed by atoms with E-state index in [1.54, 1.807) is 24.3 Å². The Morgan fingerprint density at radius 1 is 1.27 bits per heavy atom. The summed E-state index contributed by atoms with van der Waals surface area (Å²) in [5.41, 5.74) is 0. The van der Waals surface area contributed by atoms with Crippen LogP contribution in [0.3, 0.4) is 0 Å². The lowest BCUT2D eigenvalue weighted by molar-refractivity contribution is 0.335. The molecule has 1 fully saturated rings. The number of unbranched alkanes of at least 4 members (excludes halogenated alkanes) is 1. The monoisotopic (exact) mass is 409 g/mol. The lowest BCUT2D eigenvalue weighted by atomic mass is 10.2. The third-order valence-corrected chi connectivity index (χ3v) is 8.01. The number of hydrogen-bond acceptors (Lipinski definition) is 4. The maximum atomic E-state index is 12.9. The average Bonchev–Trinajstić information content (AvgIpc) is 2.79. The fourth-order valence-electron chi connectivity index (χ4n) is 2.56. The van der Waals surface area contributed by atoms with Crippen molar-refractivity contribution in [2.75, 3.05) is 18.1 Å². The molecule has 8 heteroatoms. The molecular formula is C14H20BrNO4S2. The minimum atomic E-state index is -3.68. The number of hydrogen-bond donors (Lipinski definition) is 0. The van der Waals surface area contributed by atoms with Crippen molar-refractivity contribution in [3.63, 3.8) is 0 Å². The van der Waals surface area contributed by atoms with E-state index in [-0.39, 0.29) is 16.4 Å². The van der Waals surface area contributed by atoms with E-state index < -0.39 is 25.9 Å².